The molecule has 2 heterocycles. The predicted molar refractivity (Wildman–Crippen MR) is 179 cm³/mol. The van der Waals surface area contributed by atoms with Gasteiger partial charge in [-0.05, 0) is 72.4 Å². The number of hydrogen-bond acceptors (Lipinski definition) is 11. The average molecular weight is 740 g/mol. The van der Waals surface area contributed by atoms with Gasteiger partial charge in [0.1, 0.15) is 11.5 Å². The van der Waals surface area contributed by atoms with E-state index in [-0.39, 0.29) is 39.7 Å². The number of rotatable bonds is 11. The molecule has 1 aromatic heterocycles. The molecule has 2 amide bonds. The molecule has 0 saturated carbocycles. The maximum Gasteiger partial charge on any atom is 0.270 e. The fourth-order valence-electron chi connectivity index (χ4n) is 4.12. The SMILES string of the molecule is NS(=O)(=O)c1ccc(NC(=O)COc2ccc(Br)cc2/C=C2\S/C(=N\N=C\c3cccc([N+](=O)[O-])c3)N(Cc3ccco3)C2=O)cc1. The number of carbonyl (C=O) groups is 2. The smallest absolute Gasteiger partial charge is 0.270 e. The first-order valence-corrected chi connectivity index (χ1v) is 16.6. The minimum atomic E-state index is -3.87. The fraction of sp³-hybridized carbons (Fsp3) is 0.0667. The van der Waals surface area contributed by atoms with Crippen molar-refractivity contribution in [2.24, 2.45) is 15.3 Å². The summed E-state index contributed by atoms with van der Waals surface area (Å²) >= 11 is 4.48. The number of thioether (sulfide) groups is 1. The first-order valence-electron chi connectivity index (χ1n) is 13.4. The predicted octanol–water partition coefficient (Wildman–Crippen LogP) is 5.12. The Morgan fingerprint density at radius 3 is 2.62 bits per heavy atom. The van der Waals surface area contributed by atoms with Crippen LogP contribution in [0.4, 0.5) is 11.4 Å². The Hall–Kier alpha value is -5.10. The molecule has 0 aliphatic carbocycles. The van der Waals surface area contributed by atoms with Crippen LogP contribution >= 0.6 is 27.7 Å². The van der Waals surface area contributed by atoms with E-state index in [1.807, 2.05) is 0 Å². The van der Waals surface area contributed by atoms with Gasteiger partial charge in [-0.1, -0.05) is 28.1 Å². The summed E-state index contributed by atoms with van der Waals surface area (Å²) in [5.74, 6) is -0.0861. The maximum atomic E-state index is 13.6. The molecule has 5 rings (SSSR count). The van der Waals surface area contributed by atoms with Gasteiger partial charge in [-0.25, -0.2) is 13.6 Å². The number of nitrogens with two attached hydrogens (primary N) is 1. The van der Waals surface area contributed by atoms with Crippen LogP contribution in [-0.2, 0) is 26.2 Å². The Morgan fingerprint density at radius 1 is 1.13 bits per heavy atom. The van der Waals surface area contributed by atoms with Crippen LogP contribution in [0.1, 0.15) is 16.9 Å². The van der Waals surface area contributed by atoms with E-state index in [0.717, 1.165) is 11.8 Å². The highest BCUT2D eigenvalue weighted by atomic mass is 79.9. The highest BCUT2D eigenvalue weighted by Gasteiger charge is 2.34. The number of amidine groups is 1. The summed E-state index contributed by atoms with van der Waals surface area (Å²) in [6.45, 7) is -0.318. The van der Waals surface area contributed by atoms with Crippen LogP contribution in [0.3, 0.4) is 0 Å². The van der Waals surface area contributed by atoms with Crippen LogP contribution in [0, 0.1) is 10.1 Å². The van der Waals surface area contributed by atoms with Gasteiger partial charge < -0.3 is 14.5 Å². The number of ether oxygens (including phenoxy) is 1. The molecule has 3 N–H and O–H groups in total. The number of non-ortho nitro benzene ring substituents is 1. The van der Waals surface area contributed by atoms with Gasteiger partial charge >= 0.3 is 0 Å². The lowest BCUT2D eigenvalue weighted by molar-refractivity contribution is -0.384. The number of amides is 2. The standard InChI is InChI=1S/C30H23BrN6O8S2/c31-21-6-11-26(45-18-28(38)34-22-7-9-25(10-8-22)47(32,42)43)20(14-21)15-27-29(39)36(17-24-5-2-12-44-24)30(46-27)35-33-16-19-3-1-4-23(13-19)37(40)41/h1-16H,17-18H2,(H,34,38)(H2,32,42,43)/b27-15-,33-16+,35-30-. The van der Waals surface area contributed by atoms with Crippen molar-refractivity contribution in [2.75, 3.05) is 11.9 Å². The summed E-state index contributed by atoms with van der Waals surface area (Å²) in [6, 6.07) is 19.7. The number of nitro benzene ring substituents is 1. The Labute approximate surface area is 280 Å². The van der Waals surface area contributed by atoms with E-state index >= 15 is 0 Å². The average Bonchev–Trinajstić information content (AvgIpc) is 3.65. The molecule has 0 radical (unpaired) electrons. The largest absolute Gasteiger partial charge is 0.483 e. The highest BCUT2D eigenvalue weighted by molar-refractivity contribution is 9.10. The van der Waals surface area contributed by atoms with E-state index in [1.54, 1.807) is 42.5 Å². The lowest BCUT2D eigenvalue weighted by Gasteiger charge is -2.13. The molecule has 0 bridgehead atoms. The molecule has 4 aromatic rings. The topological polar surface area (TPSA) is 200 Å². The second kappa shape index (κ2) is 14.5. The van der Waals surface area contributed by atoms with E-state index in [2.05, 4.69) is 31.4 Å². The van der Waals surface area contributed by atoms with Gasteiger partial charge in [-0.2, -0.15) is 5.10 Å². The number of sulfonamides is 1. The van der Waals surface area contributed by atoms with E-state index in [9.17, 15) is 28.1 Å². The van der Waals surface area contributed by atoms with Gasteiger partial charge in [0.05, 0.1) is 33.7 Å². The number of anilines is 1. The summed E-state index contributed by atoms with van der Waals surface area (Å²) in [5.41, 5.74) is 1.18. The molecule has 1 aliphatic rings. The lowest BCUT2D eigenvalue weighted by Crippen LogP contribution is -2.28. The van der Waals surface area contributed by atoms with Crippen molar-refractivity contribution in [2.45, 2.75) is 11.4 Å². The number of furan rings is 1. The number of hydrogen-bond donors (Lipinski definition) is 2. The normalized spacial score (nSPS) is 15.1. The van der Waals surface area contributed by atoms with Gasteiger partial charge in [0.15, 0.2) is 11.8 Å². The maximum absolute atomic E-state index is 13.6. The van der Waals surface area contributed by atoms with Crippen molar-refractivity contribution in [3.05, 3.63) is 122 Å². The molecule has 1 aliphatic heterocycles. The van der Waals surface area contributed by atoms with Crippen LogP contribution in [0.2, 0.25) is 0 Å². The van der Waals surface area contributed by atoms with Crippen molar-refractivity contribution >= 4 is 78.4 Å². The monoisotopic (exact) mass is 738 g/mol. The fourth-order valence-corrected chi connectivity index (χ4v) is 5.94. The lowest BCUT2D eigenvalue weighted by atomic mass is 10.2. The molecular weight excluding hydrogens is 716 g/mol. The Balaban J connectivity index is 1.35. The zero-order valence-corrected chi connectivity index (χ0v) is 27.2. The summed E-state index contributed by atoms with van der Waals surface area (Å²) in [4.78, 5) is 38.3. The highest BCUT2D eigenvalue weighted by Crippen LogP contribution is 2.36. The number of primary sulfonamides is 1. The number of nitrogens with zero attached hydrogens (tertiary/aromatic N) is 4. The Morgan fingerprint density at radius 2 is 1.91 bits per heavy atom. The van der Waals surface area contributed by atoms with E-state index in [4.69, 9.17) is 14.3 Å². The first-order chi connectivity index (χ1) is 22.5. The quantitative estimate of drug-likeness (QED) is 0.0907. The van der Waals surface area contributed by atoms with Crippen LogP contribution in [0.25, 0.3) is 6.08 Å². The molecule has 17 heteroatoms. The molecule has 1 saturated heterocycles. The third kappa shape index (κ3) is 8.79. The second-order valence-electron chi connectivity index (χ2n) is 9.65. The van der Waals surface area contributed by atoms with Gasteiger partial charge in [0, 0.05) is 33.4 Å². The molecule has 0 atom stereocenters. The number of benzene rings is 3. The molecule has 240 valence electrons. The summed E-state index contributed by atoms with van der Waals surface area (Å²) < 4.78 is 34.8. The molecule has 47 heavy (non-hydrogen) atoms. The van der Waals surface area contributed by atoms with Crippen molar-refractivity contribution < 1.29 is 32.1 Å². The number of halogens is 1. The Kier molecular flexibility index (Phi) is 10.3. The van der Waals surface area contributed by atoms with Gasteiger partial charge in [-0.3, -0.25) is 24.6 Å². The molecule has 1 fully saturated rings. The van der Waals surface area contributed by atoms with E-state index in [1.165, 1.54) is 59.8 Å². The van der Waals surface area contributed by atoms with Crippen molar-refractivity contribution in [3.8, 4) is 5.75 Å². The minimum absolute atomic E-state index is 0.0710. The van der Waals surface area contributed by atoms with Crippen molar-refractivity contribution in [3.63, 3.8) is 0 Å². The zero-order chi connectivity index (χ0) is 33.6. The van der Waals surface area contributed by atoms with Crippen LogP contribution in [0.15, 0.2) is 114 Å². The second-order valence-corrected chi connectivity index (χ2v) is 13.1. The van der Waals surface area contributed by atoms with Gasteiger partial charge in [0.25, 0.3) is 17.5 Å². The molecule has 3 aromatic carbocycles. The minimum Gasteiger partial charge on any atom is -0.483 e. The molecule has 0 spiro atoms. The summed E-state index contributed by atoms with van der Waals surface area (Å²) in [6.07, 6.45) is 4.43. The van der Waals surface area contributed by atoms with E-state index in [0.29, 0.717) is 32.8 Å². The number of carbonyl (C=O) groups excluding carboxylic acids is 2. The summed E-state index contributed by atoms with van der Waals surface area (Å²) in [7, 11) is -3.87. The molecule has 14 nitrogen and oxygen atoms in total. The van der Waals surface area contributed by atoms with Crippen molar-refractivity contribution in [1.29, 1.82) is 0 Å². The van der Waals surface area contributed by atoms with Gasteiger partial charge in [0.2, 0.25) is 10.0 Å². The summed E-state index contributed by atoms with van der Waals surface area (Å²) in [5, 5.41) is 27.4. The van der Waals surface area contributed by atoms with E-state index < -0.39 is 20.9 Å². The van der Waals surface area contributed by atoms with Crippen LogP contribution < -0.4 is 15.2 Å². The first kappa shape index (κ1) is 33.3. The van der Waals surface area contributed by atoms with Crippen LogP contribution in [0.5, 0.6) is 5.75 Å². The third-order valence-corrected chi connectivity index (χ3v) is 8.72. The molecule has 0 unspecified atom stereocenters. The third-order valence-electron chi connectivity index (χ3n) is 6.30. The number of nitrogens with one attached hydrogen (secondary N) is 1. The number of nitro groups is 1. The Bertz CT molecular complexity index is 2030. The van der Waals surface area contributed by atoms with Crippen LogP contribution in [-0.4, -0.2) is 48.0 Å². The van der Waals surface area contributed by atoms with Crippen molar-refractivity contribution in [1.82, 2.24) is 4.90 Å². The van der Waals surface area contributed by atoms with Gasteiger partial charge in [-0.15, -0.1) is 5.10 Å². The zero-order valence-electron chi connectivity index (χ0n) is 24.0. The molecular formula is C30H23BrN6O8S2.